The molecule has 0 aromatic heterocycles. The molecule has 1 aliphatic heterocycles. The van der Waals surface area contributed by atoms with E-state index in [9.17, 15) is 8.78 Å². The SMILES string of the molecule is FC(F)C1=N[N]C=C1C1CC1. The molecule has 1 heterocycles. The van der Waals surface area contributed by atoms with Gasteiger partial charge in [0.15, 0.2) is 0 Å². The molecular formula is C7H7F2N2. The Bertz CT molecular complexity index is 213. The fourth-order valence-electron chi connectivity index (χ4n) is 1.16. The maximum absolute atomic E-state index is 12.1. The zero-order valence-corrected chi connectivity index (χ0v) is 5.80. The molecule has 59 valence electrons. The summed E-state index contributed by atoms with van der Waals surface area (Å²) in [5.74, 6) is 0.314. The second-order valence-electron chi connectivity index (χ2n) is 2.76. The first-order valence-electron chi connectivity index (χ1n) is 3.55. The van der Waals surface area contributed by atoms with Crippen molar-refractivity contribution >= 4 is 5.71 Å². The Morgan fingerprint density at radius 1 is 1.45 bits per heavy atom. The van der Waals surface area contributed by atoms with E-state index >= 15 is 0 Å². The van der Waals surface area contributed by atoms with Crippen LogP contribution in [0.15, 0.2) is 16.9 Å². The van der Waals surface area contributed by atoms with Crippen molar-refractivity contribution in [3.63, 3.8) is 0 Å². The third kappa shape index (κ3) is 1.13. The molecule has 11 heavy (non-hydrogen) atoms. The number of nitrogens with zero attached hydrogens (tertiary/aromatic N) is 2. The van der Waals surface area contributed by atoms with E-state index in [1.807, 2.05) is 0 Å². The average Bonchev–Trinajstić information content (AvgIpc) is 2.68. The van der Waals surface area contributed by atoms with Gasteiger partial charge in [0.05, 0.1) is 6.20 Å². The maximum Gasteiger partial charge on any atom is 0.282 e. The van der Waals surface area contributed by atoms with Crippen molar-refractivity contribution in [2.45, 2.75) is 19.3 Å². The second kappa shape index (κ2) is 2.29. The molecular weight excluding hydrogens is 150 g/mol. The van der Waals surface area contributed by atoms with E-state index in [0.717, 1.165) is 12.8 Å². The van der Waals surface area contributed by atoms with Crippen LogP contribution in [0.5, 0.6) is 0 Å². The van der Waals surface area contributed by atoms with E-state index in [4.69, 9.17) is 0 Å². The molecule has 0 unspecified atom stereocenters. The minimum atomic E-state index is -2.46. The average molecular weight is 157 g/mol. The predicted molar refractivity (Wildman–Crippen MR) is 36.4 cm³/mol. The van der Waals surface area contributed by atoms with Gasteiger partial charge in [0.25, 0.3) is 6.43 Å². The molecule has 1 fully saturated rings. The van der Waals surface area contributed by atoms with Crippen molar-refractivity contribution in [2.24, 2.45) is 11.0 Å². The fraction of sp³-hybridized carbons (Fsp3) is 0.571. The molecule has 1 aliphatic carbocycles. The highest BCUT2D eigenvalue weighted by molar-refractivity contribution is 6.04. The molecule has 0 aromatic rings. The molecule has 0 bridgehead atoms. The van der Waals surface area contributed by atoms with Crippen LogP contribution in [0.1, 0.15) is 12.8 Å². The topological polar surface area (TPSA) is 26.5 Å². The van der Waals surface area contributed by atoms with Crippen molar-refractivity contribution in [3.05, 3.63) is 11.8 Å². The Labute approximate surface area is 63.0 Å². The van der Waals surface area contributed by atoms with Gasteiger partial charge in [-0.3, -0.25) is 0 Å². The minimum Gasteiger partial charge on any atom is -0.203 e. The molecule has 0 atom stereocenters. The van der Waals surface area contributed by atoms with Crippen LogP contribution in [-0.2, 0) is 0 Å². The lowest BCUT2D eigenvalue weighted by atomic mass is 10.1. The highest BCUT2D eigenvalue weighted by Gasteiger charge is 2.34. The molecule has 1 radical (unpaired) electrons. The summed E-state index contributed by atoms with van der Waals surface area (Å²) in [6, 6.07) is 0. The lowest BCUT2D eigenvalue weighted by Crippen LogP contribution is -2.12. The second-order valence-corrected chi connectivity index (χ2v) is 2.76. The van der Waals surface area contributed by atoms with Gasteiger partial charge in [0, 0.05) is 5.57 Å². The lowest BCUT2D eigenvalue weighted by molar-refractivity contribution is 0.225. The normalized spacial score (nSPS) is 23.2. The van der Waals surface area contributed by atoms with Crippen LogP contribution in [0.3, 0.4) is 0 Å². The van der Waals surface area contributed by atoms with Crippen molar-refractivity contribution in [2.75, 3.05) is 0 Å². The zero-order valence-electron chi connectivity index (χ0n) is 5.80. The molecule has 4 heteroatoms. The summed E-state index contributed by atoms with van der Waals surface area (Å²) in [6.45, 7) is 0. The van der Waals surface area contributed by atoms with E-state index in [2.05, 4.69) is 10.5 Å². The number of hydrogen-bond acceptors (Lipinski definition) is 1. The molecule has 0 amide bonds. The van der Waals surface area contributed by atoms with Gasteiger partial charge in [-0.25, -0.2) is 8.78 Å². The van der Waals surface area contributed by atoms with Gasteiger partial charge in [-0.15, -0.1) is 5.10 Å². The first-order chi connectivity index (χ1) is 5.29. The maximum atomic E-state index is 12.1. The Morgan fingerprint density at radius 3 is 2.73 bits per heavy atom. The van der Waals surface area contributed by atoms with Crippen LogP contribution in [-0.4, -0.2) is 12.1 Å². The van der Waals surface area contributed by atoms with Gasteiger partial charge in [0.1, 0.15) is 5.71 Å². The van der Waals surface area contributed by atoms with E-state index in [-0.39, 0.29) is 5.71 Å². The summed E-state index contributed by atoms with van der Waals surface area (Å²) in [6.07, 6.45) is 1.01. The van der Waals surface area contributed by atoms with Crippen molar-refractivity contribution in [3.8, 4) is 0 Å². The third-order valence-electron chi connectivity index (χ3n) is 1.88. The van der Waals surface area contributed by atoms with Crippen LogP contribution in [0.4, 0.5) is 8.78 Å². The number of allylic oxidation sites excluding steroid dienone is 1. The minimum absolute atomic E-state index is 0.118. The summed E-state index contributed by atoms with van der Waals surface area (Å²) in [5, 5.41) is 3.38. The third-order valence-corrected chi connectivity index (χ3v) is 1.88. The predicted octanol–water partition coefficient (Wildman–Crippen LogP) is 1.52. The van der Waals surface area contributed by atoms with Crippen molar-refractivity contribution < 1.29 is 8.78 Å². The van der Waals surface area contributed by atoms with E-state index in [1.165, 1.54) is 6.20 Å². The van der Waals surface area contributed by atoms with Crippen LogP contribution in [0.2, 0.25) is 0 Å². The highest BCUT2D eigenvalue weighted by atomic mass is 19.3. The smallest absolute Gasteiger partial charge is 0.203 e. The van der Waals surface area contributed by atoms with Gasteiger partial charge < -0.3 is 0 Å². The fourth-order valence-corrected chi connectivity index (χ4v) is 1.16. The van der Waals surface area contributed by atoms with Crippen LogP contribution < -0.4 is 5.43 Å². The Kier molecular flexibility index (Phi) is 1.41. The summed E-state index contributed by atoms with van der Waals surface area (Å²) < 4.78 is 24.3. The van der Waals surface area contributed by atoms with Crippen LogP contribution in [0.25, 0.3) is 0 Å². The van der Waals surface area contributed by atoms with E-state index in [0.29, 0.717) is 11.5 Å². The number of rotatable bonds is 2. The standard InChI is InChI=1S/C7H7F2N2/c8-7(9)6-5(3-10-11-6)4-1-2-4/h3-4,7H,1-2H2. The highest BCUT2D eigenvalue weighted by Crippen LogP contribution is 2.38. The van der Waals surface area contributed by atoms with Gasteiger partial charge in [-0.2, -0.15) is 5.43 Å². The Hall–Kier alpha value is -0.930. The molecule has 0 aromatic carbocycles. The van der Waals surface area contributed by atoms with Crippen LogP contribution in [0, 0.1) is 5.92 Å². The molecule has 2 nitrogen and oxygen atoms in total. The monoisotopic (exact) mass is 157 g/mol. The van der Waals surface area contributed by atoms with Gasteiger partial charge >= 0.3 is 0 Å². The number of alkyl halides is 2. The summed E-state index contributed by atoms with van der Waals surface area (Å²) in [5.41, 5.74) is 4.01. The number of hydrogen-bond donors (Lipinski definition) is 0. The van der Waals surface area contributed by atoms with E-state index in [1.54, 1.807) is 0 Å². The van der Waals surface area contributed by atoms with Gasteiger partial charge in [-0.1, -0.05) is 0 Å². The Balaban J connectivity index is 2.14. The summed E-state index contributed by atoms with van der Waals surface area (Å²) in [7, 11) is 0. The van der Waals surface area contributed by atoms with E-state index < -0.39 is 6.43 Å². The molecule has 0 spiro atoms. The largest absolute Gasteiger partial charge is 0.282 e. The van der Waals surface area contributed by atoms with Crippen molar-refractivity contribution in [1.82, 2.24) is 5.43 Å². The summed E-state index contributed by atoms with van der Waals surface area (Å²) in [4.78, 5) is 0. The quantitative estimate of drug-likeness (QED) is 0.581. The van der Waals surface area contributed by atoms with Gasteiger partial charge in [-0.05, 0) is 18.8 Å². The first kappa shape index (κ1) is 6.76. The lowest BCUT2D eigenvalue weighted by Gasteiger charge is -2.00. The number of halogens is 2. The zero-order chi connectivity index (χ0) is 7.84. The molecule has 0 saturated heterocycles. The van der Waals surface area contributed by atoms with Crippen molar-refractivity contribution in [1.29, 1.82) is 0 Å². The molecule has 0 N–H and O–H groups in total. The molecule has 2 aliphatic rings. The van der Waals surface area contributed by atoms with Gasteiger partial charge in [0.2, 0.25) is 0 Å². The summed E-state index contributed by atoms with van der Waals surface area (Å²) >= 11 is 0. The van der Waals surface area contributed by atoms with Crippen LogP contribution >= 0.6 is 0 Å². The molecule has 2 rings (SSSR count). The first-order valence-corrected chi connectivity index (χ1v) is 3.55. The molecule has 1 saturated carbocycles. The Morgan fingerprint density at radius 2 is 2.18 bits per heavy atom.